The van der Waals surface area contributed by atoms with Gasteiger partial charge in [0.2, 0.25) is 11.8 Å². The normalized spacial score (nSPS) is 11.3. The van der Waals surface area contributed by atoms with Crippen LogP contribution in [0.5, 0.6) is 11.6 Å². The van der Waals surface area contributed by atoms with Gasteiger partial charge in [0.05, 0.1) is 0 Å². The Balaban J connectivity index is 1.71. The van der Waals surface area contributed by atoms with E-state index in [1.807, 2.05) is 6.92 Å². The molecule has 1 N–H and O–H groups in total. The molecule has 0 aliphatic carbocycles. The molecule has 146 valence electrons. The summed E-state index contributed by atoms with van der Waals surface area (Å²) < 4.78 is 44.1. The first kappa shape index (κ1) is 19.3. The molecule has 2 aromatic heterocycles. The lowest BCUT2D eigenvalue weighted by Gasteiger charge is -2.10. The van der Waals surface area contributed by atoms with E-state index in [-0.39, 0.29) is 5.69 Å². The molecule has 0 fully saturated rings. The fourth-order valence-corrected chi connectivity index (χ4v) is 2.44. The van der Waals surface area contributed by atoms with Crippen molar-refractivity contribution in [3.05, 3.63) is 54.4 Å². The van der Waals surface area contributed by atoms with E-state index >= 15 is 0 Å². The van der Waals surface area contributed by atoms with Crippen LogP contribution in [0.3, 0.4) is 0 Å². The summed E-state index contributed by atoms with van der Waals surface area (Å²) in [5, 5.41) is 2.18. The number of halogens is 3. The molecule has 10 heteroatoms. The maximum absolute atomic E-state index is 12.2. The van der Waals surface area contributed by atoms with Gasteiger partial charge in [0, 0.05) is 24.1 Å². The molecule has 0 atom stereocenters. The highest BCUT2D eigenvalue weighted by molar-refractivity contribution is 5.91. The van der Waals surface area contributed by atoms with E-state index in [9.17, 15) is 18.0 Å². The highest BCUT2D eigenvalue weighted by Gasteiger charge is 2.31. The van der Waals surface area contributed by atoms with Crippen molar-refractivity contribution in [1.29, 1.82) is 0 Å². The van der Waals surface area contributed by atoms with Crippen LogP contribution in [0.2, 0.25) is 0 Å². The van der Waals surface area contributed by atoms with Gasteiger partial charge in [-0.1, -0.05) is 0 Å². The monoisotopic (exact) mass is 391 g/mol. The topological polar surface area (TPSA) is 81.9 Å². The SMILES string of the molecule is Cc1nc(Oc2ccc(NC(=O)CC(F)(F)F)cc2)cc(-n2ccnc2C)n1. The highest BCUT2D eigenvalue weighted by Crippen LogP contribution is 2.24. The highest BCUT2D eigenvalue weighted by atomic mass is 19.4. The molecule has 0 saturated carbocycles. The largest absolute Gasteiger partial charge is 0.439 e. The lowest BCUT2D eigenvalue weighted by molar-refractivity contribution is -0.150. The average Bonchev–Trinajstić information content (AvgIpc) is 3.00. The number of carbonyl (C=O) groups excluding carboxylic acids is 1. The molecule has 1 amide bonds. The van der Waals surface area contributed by atoms with Crippen LogP contribution in [-0.2, 0) is 4.79 Å². The number of hydrogen-bond acceptors (Lipinski definition) is 5. The number of imidazole rings is 1. The zero-order chi connectivity index (χ0) is 20.3. The van der Waals surface area contributed by atoms with Crippen LogP contribution < -0.4 is 10.1 Å². The third-order valence-electron chi connectivity index (χ3n) is 3.59. The summed E-state index contributed by atoms with van der Waals surface area (Å²) in [4.78, 5) is 24.0. The van der Waals surface area contributed by atoms with Crippen LogP contribution in [-0.4, -0.2) is 31.6 Å². The van der Waals surface area contributed by atoms with Gasteiger partial charge in [-0.05, 0) is 38.1 Å². The molecule has 0 bridgehead atoms. The Morgan fingerprint density at radius 2 is 1.89 bits per heavy atom. The van der Waals surface area contributed by atoms with Gasteiger partial charge >= 0.3 is 6.18 Å². The Labute approximate surface area is 158 Å². The molecule has 0 aliphatic heterocycles. The van der Waals surface area contributed by atoms with Crippen LogP contribution >= 0.6 is 0 Å². The van der Waals surface area contributed by atoms with Crippen LogP contribution in [0.1, 0.15) is 18.1 Å². The first-order valence-electron chi connectivity index (χ1n) is 8.20. The number of carbonyl (C=O) groups is 1. The first-order valence-corrected chi connectivity index (χ1v) is 8.20. The van der Waals surface area contributed by atoms with E-state index < -0.39 is 18.5 Å². The lowest BCUT2D eigenvalue weighted by atomic mass is 10.3. The molecule has 0 aliphatic rings. The molecule has 3 aromatic rings. The fourth-order valence-electron chi connectivity index (χ4n) is 2.44. The predicted octanol–water partition coefficient (Wildman–Crippen LogP) is 3.96. The Hall–Kier alpha value is -3.43. The summed E-state index contributed by atoms with van der Waals surface area (Å²) in [5.74, 6) is 1.41. The van der Waals surface area contributed by atoms with Gasteiger partial charge in [-0.3, -0.25) is 9.36 Å². The fraction of sp³-hybridized carbons (Fsp3) is 0.222. The van der Waals surface area contributed by atoms with Gasteiger partial charge in [-0.2, -0.15) is 18.2 Å². The second kappa shape index (κ2) is 7.67. The molecule has 7 nitrogen and oxygen atoms in total. The quantitative estimate of drug-likeness (QED) is 0.712. The maximum atomic E-state index is 12.2. The average molecular weight is 391 g/mol. The Morgan fingerprint density at radius 1 is 1.18 bits per heavy atom. The molecular weight excluding hydrogens is 375 g/mol. The number of benzene rings is 1. The number of aromatic nitrogens is 4. The number of amides is 1. The number of ether oxygens (including phenoxy) is 1. The van der Waals surface area contributed by atoms with E-state index in [1.165, 1.54) is 24.3 Å². The molecular formula is C18H16F3N5O2. The number of hydrogen-bond donors (Lipinski definition) is 1. The second-order valence-electron chi connectivity index (χ2n) is 5.92. The summed E-state index contributed by atoms with van der Waals surface area (Å²) in [5.41, 5.74) is 0.232. The lowest BCUT2D eigenvalue weighted by Crippen LogP contribution is -2.21. The zero-order valence-corrected chi connectivity index (χ0v) is 15.0. The standard InChI is InChI=1S/C18H16F3N5O2/c1-11-23-15(26-8-7-22-12(26)2)9-17(24-11)28-14-5-3-13(4-6-14)25-16(27)10-18(19,20)21/h3-9H,10H2,1-2H3,(H,25,27). The summed E-state index contributed by atoms with van der Waals surface area (Å²) >= 11 is 0. The number of aryl methyl sites for hydroxylation is 2. The van der Waals surface area contributed by atoms with Crippen LogP contribution in [0.4, 0.5) is 18.9 Å². The van der Waals surface area contributed by atoms with Gasteiger partial charge in [-0.25, -0.2) is 9.97 Å². The number of nitrogens with one attached hydrogen (secondary N) is 1. The minimum Gasteiger partial charge on any atom is -0.439 e. The predicted molar refractivity (Wildman–Crippen MR) is 94.4 cm³/mol. The second-order valence-corrected chi connectivity index (χ2v) is 5.92. The Bertz CT molecular complexity index is 984. The van der Waals surface area contributed by atoms with Crippen LogP contribution in [0.25, 0.3) is 5.82 Å². The smallest absolute Gasteiger partial charge is 0.397 e. The molecule has 3 rings (SSSR count). The number of nitrogens with zero attached hydrogens (tertiary/aromatic N) is 4. The molecule has 0 radical (unpaired) electrons. The summed E-state index contributed by atoms with van der Waals surface area (Å²) in [6, 6.07) is 7.56. The van der Waals surface area contributed by atoms with E-state index in [0.717, 1.165) is 5.82 Å². The van der Waals surface area contributed by atoms with Crippen LogP contribution in [0.15, 0.2) is 42.7 Å². The van der Waals surface area contributed by atoms with Gasteiger partial charge in [0.25, 0.3) is 0 Å². The van der Waals surface area contributed by atoms with Crippen molar-refractivity contribution in [1.82, 2.24) is 19.5 Å². The van der Waals surface area contributed by atoms with Gasteiger partial charge in [0.1, 0.15) is 29.6 Å². The summed E-state index contributed by atoms with van der Waals surface area (Å²) in [6.07, 6.45) is -2.68. The third-order valence-corrected chi connectivity index (χ3v) is 3.59. The van der Waals surface area contributed by atoms with E-state index in [0.29, 0.717) is 23.3 Å². The van der Waals surface area contributed by atoms with E-state index in [2.05, 4.69) is 20.3 Å². The maximum Gasteiger partial charge on any atom is 0.397 e. The molecule has 0 spiro atoms. The Morgan fingerprint density at radius 3 is 2.50 bits per heavy atom. The molecule has 2 heterocycles. The van der Waals surface area contributed by atoms with Crippen molar-refractivity contribution in [3.8, 4) is 17.4 Å². The summed E-state index contributed by atoms with van der Waals surface area (Å²) in [7, 11) is 0. The number of rotatable bonds is 5. The van der Waals surface area contributed by atoms with Crippen molar-refractivity contribution < 1.29 is 22.7 Å². The first-order chi connectivity index (χ1) is 13.2. The number of alkyl halides is 3. The van der Waals surface area contributed by atoms with Crippen molar-refractivity contribution in [2.45, 2.75) is 26.4 Å². The molecule has 0 saturated heterocycles. The van der Waals surface area contributed by atoms with Crippen LogP contribution in [0, 0.1) is 13.8 Å². The van der Waals surface area contributed by atoms with Crippen molar-refractivity contribution >= 4 is 11.6 Å². The molecule has 28 heavy (non-hydrogen) atoms. The minimum atomic E-state index is -4.55. The van der Waals surface area contributed by atoms with Gasteiger partial charge < -0.3 is 10.1 Å². The number of anilines is 1. The van der Waals surface area contributed by atoms with Crippen molar-refractivity contribution in [3.63, 3.8) is 0 Å². The van der Waals surface area contributed by atoms with Crippen molar-refractivity contribution in [2.24, 2.45) is 0 Å². The van der Waals surface area contributed by atoms with Gasteiger partial charge in [0.15, 0.2) is 0 Å². The zero-order valence-electron chi connectivity index (χ0n) is 15.0. The molecule has 1 aromatic carbocycles. The van der Waals surface area contributed by atoms with E-state index in [1.54, 1.807) is 30.0 Å². The summed E-state index contributed by atoms with van der Waals surface area (Å²) in [6.45, 7) is 3.56. The molecule has 0 unspecified atom stereocenters. The third kappa shape index (κ3) is 5.06. The van der Waals surface area contributed by atoms with E-state index in [4.69, 9.17) is 4.74 Å². The Kier molecular flexibility index (Phi) is 5.30. The minimum absolute atomic E-state index is 0.232. The van der Waals surface area contributed by atoms with Gasteiger partial charge in [-0.15, -0.1) is 0 Å². The van der Waals surface area contributed by atoms with Crippen molar-refractivity contribution in [2.75, 3.05) is 5.32 Å².